The second-order valence-corrected chi connectivity index (χ2v) is 5.33. The van der Waals surface area contributed by atoms with Gasteiger partial charge in [-0.1, -0.05) is 19.1 Å². The summed E-state index contributed by atoms with van der Waals surface area (Å²) < 4.78 is 1.71. The third-order valence-corrected chi connectivity index (χ3v) is 4.13. The van der Waals surface area contributed by atoms with Crippen LogP contribution in [0.5, 0.6) is 0 Å². The third-order valence-electron chi connectivity index (χ3n) is 4.13. The molecule has 21 heavy (non-hydrogen) atoms. The molecule has 106 valence electrons. The quantitative estimate of drug-likeness (QED) is 0.685. The van der Waals surface area contributed by atoms with Crippen molar-refractivity contribution in [3.63, 3.8) is 0 Å². The molecule has 1 aromatic carbocycles. The van der Waals surface area contributed by atoms with Crippen molar-refractivity contribution in [1.82, 2.24) is 19.7 Å². The minimum Gasteiger partial charge on any atom is -0.312 e. The Labute approximate surface area is 121 Å². The van der Waals surface area contributed by atoms with Crippen LogP contribution in [0, 0.1) is 0 Å². The van der Waals surface area contributed by atoms with E-state index in [2.05, 4.69) is 22.2 Å². The summed E-state index contributed by atoms with van der Waals surface area (Å²) >= 11 is 0. The number of benzene rings is 1. The molecule has 3 heterocycles. The fourth-order valence-electron chi connectivity index (χ4n) is 3.11. The number of aryl methyl sites for hydroxylation is 1. The first-order chi connectivity index (χ1) is 10.3. The van der Waals surface area contributed by atoms with Gasteiger partial charge in [0.25, 0.3) is 5.56 Å². The van der Waals surface area contributed by atoms with Gasteiger partial charge in [-0.3, -0.25) is 4.79 Å². The van der Waals surface area contributed by atoms with E-state index in [1.165, 1.54) is 0 Å². The first-order valence-electron chi connectivity index (χ1n) is 7.32. The molecule has 1 aliphatic heterocycles. The molecule has 5 nitrogen and oxygen atoms in total. The molecule has 5 heteroatoms. The van der Waals surface area contributed by atoms with Gasteiger partial charge in [-0.05, 0) is 18.6 Å². The molecular formula is C16H16N4O. The number of nitrogens with one attached hydrogen (secondary N) is 1. The van der Waals surface area contributed by atoms with Crippen LogP contribution < -0.4 is 10.9 Å². The topological polar surface area (TPSA) is 59.3 Å². The highest BCUT2D eigenvalue weighted by Crippen LogP contribution is 2.19. The highest BCUT2D eigenvalue weighted by Gasteiger charge is 2.19. The van der Waals surface area contributed by atoms with Crippen LogP contribution in [0.2, 0.25) is 0 Å². The van der Waals surface area contributed by atoms with Crippen molar-refractivity contribution in [2.24, 2.45) is 0 Å². The van der Waals surface area contributed by atoms with E-state index in [9.17, 15) is 4.79 Å². The summed E-state index contributed by atoms with van der Waals surface area (Å²) in [6.07, 6.45) is 1.69. The van der Waals surface area contributed by atoms with E-state index in [4.69, 9.17) is 0 Å². The van der Waals surface area contributed by atoms with E-state index in [1.54, 1.807) is 4.40 Å². The molecule has 0 amide bonds. The second kappa shape index (κ2) is 4.63. The smallest absolute Gasteiger partial charge is 0.267 e. The predicted octanol–water partition coefficient (Wildman–Crippen LogP) is 1.45. The number of aromatic nitrogens is 3. The SMILES string of the molecule is CCc1nc2nc3ccccc3c(=O)n2c2c1CNCC2. The monoisotopic (exact) mass is 280 g/mol. The lowest BCUT2D eigenvalue weighted by Gasteiger charge is -2.21. The average Bonchev–Trinajstić information content (AvgIpc) is 2.54. The largest absolute Gasteiger partial charge is 0.312 e. The van der Waals surface area contributed by atoms with E-state index >= 15 is 0 Å². The number of rotatable bonds is 1. The zero-order valence-electron chi connectivity index (χ0n) is 11.9. The minimum absolute atomic E-state index is 0.0103. The lowest BCUT2D eigenvalue weighted by atomic mass is 10.0. The second-order valence-electron chi connectivity index (χ2n) is 5.33. The van der Waals surface area contributed by atoms with Crippen LogP contribution in [0.3, 0.4) is 0 Å². The zero-order chi connectivity index (χ0) is 14.4. The van der Waals surface area contributed by atoms with E-state index in [1.807, 2.05) is 24.3 Å². The van der Waals surface area contributed by atoms with Gasteiger partial charge >= 0.3 is 0 Å². The highest BCUT2D eigenvalue weighted by molar-refractivity contribution is 5.79. The lowest BCUT2D eigenvalue weighted by molar-refractivity contribution is 0.609. The minimum atomic E-state index is -0.0103. The average molecular weight is 280 g/mol. The molecular weight excluding hydrogens is 264 g/mol. The highest BCUT2D eigenvalue weighted by atomic mass is 16.1. The molecule has 0 unspecified atom stereocenters. The maximum Gasteiger partial charge on any atom is 0.267 e. The lowest BCUT2D eigenvalue weighted by Crippen LogP contribution is -2.31. The van der Waals surface area contributed by atoms with Crippen LogP contribution in [-0.4, -0.2) is 20.9 Å². The van der Waals surface area contributed by atoms with E-state index in [-0.39, 0.29) is 5.56 Å². The number of hydrogen-bond acceptors (Lipinski definition) is 4. The molecule has 0 bridgehead atoms. The van der Waals surface area contributed by atoms with E-state index < -0.39 is 0 Å². The summed E-state index contributed by atoms with van der Waals surface area (Å²) in [5.74, 6) is 0.524. The van der Waals surface area contributed by atoms with Crippen LogP contribution >= 0.6 is 0 Å². The summed E-state index contributed by atoms with van der Waals surface area (Å²) in [6, 6.07) is 7.47. The number of hydrogen-bond donors (Lipinski definition) is 1. The number of para-hydroxylation sites is 1. The maximum atomic E-state index is 12.8. The Morgan fingerprint density at radius 1 is 1.29 bits per heavy atom. The number of fused-ring (bicyclic) bond motifs is 4. The molecule has 0 atom stereocenters. The van der Waals surface area contributed by atoms with Gasteiger partial charge in [0, 0.05) is 30.8 Å². The van der Waals surface area contributed by atoms with Crippen molar-refractivity contribution in [2.75, 3.05) is 6.54 Å². The van der Waals surface area contributed by atoms with Gasteiger partial charge in [0.2, 0.25) is 5.78 Å². The van der Waals surface area contributed by atoms with Gasteiger partial charge < -0.3 is 5.32 Å². The van der Waals surface area contributed by atoms with Crippen molar-refractivity contribution in [2.45, 2.75) is 26.3 Å². The van der Waals surface area contributed by atoms with Crippen LogP contribution in [0.4, 0.5) is 0 Å². The molecule has 2 aromatic heterocycles. The molecule has 0 fully saturated rings. The molecule has 4 rings (SSSR count). The summed E-state index contributed by atoms with van der Waals surface area (Å²) in [4.78, 5) is 22.0. The molecule has 0 saturated heterocycles. The normalized spacial score (nSPS) is 14.5. The first-order valence-corrected chi connectivity index (χ1v) is 7.32. The van der Waals surface area contributed by atoms with Gasteiger partial charge in [0.1, 0.15) is 0 Å². The van der Waals surface area contributed by atoms with Crippen molar-refractivity contribution in [3.05, 3.63) is 51.6 Å². The van der Waals surface area contributed by atoms with Crippen LogP contribution in [0.25, 0.3) is 16.7 Å². The van der Waals surface area contributed by atoms with Gasteiger partial charge in [-0.15, -0.1) is 0 Å². The molecule has 0 radical (unpaired) electrons. The third kappa shape index (κ3) is 1.77. The van der Waals surface area contributed by atoms with Gasteiger partial charge in [0.15, 0.2) is 0 Å². The van der Waals surface area contributed by atoms with Crippen molar-refractivity contribution >= 4 is 16.7 Å². The molecule has 1 N–H and O–H groups in total. The predicted molar refractivity (Wildman–Crippen MR) is 81.6 cm³/mol. The van der Waals surface area contributed by atoms with Crippen LogP contribution in [-0.2, 0) is 19.4 Å². The van der Waals surface area contributed by atoms with Crippen LogP contribution in [0.1, 0.15) is 23.9 Å². The Morgan fingerprint density at radius 3 is 3.00 bits per heavy atom. The summed E-state index contributed by atoms with van der Waals surface area (Å²) in [7, 11) is 0. The summed E-state index contributed by atoms with van der Waals surface area (Å²) in [5, 5.41) is 4.02. The molecule has 0 saturated carbocycles. The molecule has 3 aromatic rings. The van der Waals surface area contributed by atoms with Crippen molar-refractivity contribution in [1.29, 1.82) is 0 Å². The maximum absolute atomic E-state index is 12.8. The van der Waals surface area contributed by atoms with Crippen molar-refractivity contribution in [3.8, 4) is 0 Å². The Morgan fingerprint density at radius 2 is 2.14 bits per heavy atom. The van der Waals surface area contributed by atoms with E-state index in [0.717, 1.165) is 42.9 Å². The Hall–Kier alpha value is -2.27. The fourth-order valence-corrected chi connectivity index (χ4v) is 3.11. The molecule has 0 spiro atoms. The van der Waals surface area contributed by atoms with Crippen molar-refractivity contribution < 1.29 is 0 Å². The molecule has 0 aliphatic carbocycles. The standard InChI is InChI=1S/C16H16N4O/c1-2-12-11-9-17-8-7-14(11)20-15(21)10-5-3-4-6-13(10)19-16(20)18-12/h3-6,17H,2,7-9H2,1H3. The van der Waals surface area contributed by atoms with Gasteiger partial charge in [0.05, 0.1) is 16.6 Å². The van der Waals surface area contributed by atoms with Gasteiger partial charge in [-0.2, -0.15) is 0 Å². The fraction of sp³-hybridized carbons (Fsp3) is 0.312. The Balaban J connectivity index is 2.21. The van der Waals surface area contributed by atoms with E-state index in [0.29, 0.717) is 16.7 Å². The van der Waals surface area contributed by atoms with Crippen LogP contribution in [0.15, 0.2) is 29.1 Å². The summed E-state index contributed by atoms with van der Waals surface area (Å²) in [5.41, 5.74) is 3.98. The number of nitrogens with zero attached hydrogens (tertiary/aromatic N) is 3. The summed E-state index contributed by atoms with van der Waals surface area (Å²) in [6.45, 7) is 3.75. The Bertz CT molecular complexity index is 913. The first kappa shape index (κ1) is 12.5. The molecule has 1 aliphatic rings. The Kier molecular flexibility index (Phi) is 2.75. The van der Waals surface area contributed by atoms with Gasteiger partial charge in [-0.25, -0.2) is 14.4 Å². The zero-order valence-corrected chi connectivity index (χ0v) is 11.9.